The van der Waals surface area contributed by atoms with Crippen LogP contribution in [-0.4, -0.2) is 17.0 Å². The average molecular weight is 255 g/mol. The Balaban J connectivity index is 2.31. The first-order chi connectivity index (χ1) is 9.10. The largest absolute Gasteiger partial charge is 0.373 e. The van der Waals surface area contributed by atoms with Crippen LogP contribution in [0.5, 0.6) is 0 Å². The van der Waals surface area contributed by atoms with Crippen LogP contribution in [0.4, 0.5) is 5.82 Å². The second kappa shape index (κ2) is 5.83. The molecule has 3 heteroatoms. The quantitative estimate of drug-likeness (QED) is 0.911. The lowest BCUT2D eigenvalue weighted by atomic mass is 10.0. The molecule has 1 heterocycles. The van der Waals surface area contributed by atoms with Crippen LogP contribution in [0.3, 0.4) is 0 Å². The maximum absolute atomic E-state index is 4.60. The lowest BCUT2D eigenvalue weighted by Crippen LogP contribution is -2.04. The van der Waals surface area contributed by atoms with Gasteiger partial charge < -0.3 is 5.32 Å². The molecular weight excluding hydrogens is 234 g/mol. The Morgan fingerprint density at radius 2 is 1.68 bits per heavy atom. The third-order valence-corrected chi connectivity index (χ3v) is 3.09. The van der Waals surface area contributed by atoms with Crippen molar-refractivity contribution in [2.24, 2.45) is 0 Å². The van der Waals surface area contributed by atoms with E-state index in [2.05, 4.69) is 54.3 Å². The van der Waals surface area contributed by atoms with Gasteiger partial charge in [0.05, 0.1) is 0 Å². The molecule has 0 radical (unpaired) electrons. The molecule has 0 aliphatic heterocycles. The fraction of sp³-hybridized carbons (Fsp3) is 0.375. The molecule has 100 valence electrons. The smallest absolute Gasteiger partial charge is 0.135 e. The number of hydrogen-bond acceptors (Lipinski definition) is 3. The van der Waals surface area contributed by atoms with Gasteiger partial charge in [-0.05, 0) is 25.8 Å². The molecule has 1 aromatic heterocycles. The lowest BCUT2D eigenvalue weighted by Gasteiger charge is -2.08. The molecule has 0 fully saturated rings. The first-order valence-corrected chi connectivity index (χ1v) is 6.72. The maximum Gasteiger partial charge on any atom is 0.135 e. The summed E-state index contributed by atoms with van der Waals surface area (Å²) >= 11 is 0. The SMILES string of the molecule is CCc1cc(NC)nc(Cc2cc(C)cc(C)c2)n1. The van der Waals surface area contributed by atoms with Gasteiger partial charge in [0.2, 0.25) is 0 Å². The van der Waals surface area contributed by atoms with Crippen molar-refractivity contribution < 1.29 is 0 Å². The lowest BCUT2D eigenvalue weighted by molar-refractivity contribution is 0.906. The summed E-state index contributed by atoms with van der Waals surface area (Å²) in [4.78, 5) is 9.14. The molecule has 2 rings (SSSR count). The Morgan fingerprint density at radius 3 is 2.26 bits per heavy atom. The van der Waals surface area contributed by atoms with E-state index in [9.17, 15) is 0 Å². The number of anilines is 1. The van der Waals surface area contributed by atoms with E-state index < -0.39 is 0 Å². The van der Waals surface area contributed by atoms with Gasteiger partial charge in [0.25, 0.3) is 0 Å². The van der Waals surface area contributed by atoms with Gasteiger partial charge in [-0.2, -0.15) is 0 Å². The van der Waals surface area contributed by atoms with Crippen molar-refractivity contribution in [1.82, 2.24) is 9.97 Å². The number of rotatable bonds is 4. The Hall–Kier alpha value is -1.90. The number of aromatic nitrogens is 2. The molecule has 0 amide bonds. The molecule has 0 atom stereocenters. The predicted molar refractivity (Wildman–Crippen MR) is 79.7 cm³/mol. The van der Waals surface area contributed by atoms with Crippen LogP contribution in [0.1, 0.15) is 35.1 Å². The van der Waals surface area contributed by atoms with Crippen LogP contribution >= 0.6 is 0 Å². The fourth-order valence-electron chi connectivity index (χ4n) is 2.29. The van der Waals surface area contributed by atoms with Gasteiger partial charge in [-0.25, -0.2) is 9.97 Å². The number of nitrogens with zero attached hydrogens (tertiary/aromatic N) is 2. The Kier molecular flexibility index (Phi) is 4.15. The number of aryl methyl sites for hydroxylation is 3. The van der Waals surface area contributed by atoms with Gasteiger partial charge in [0.1, 0.15) is 11.6 Å². The van der Waals surface area contributed by atoms with Gasteiger partial charge in [-0.3, -0.25) is 0 Å². The van der Waals surface area contributed by atoms with Crippen molar-refractivity contribution in [3.63, 3.8) is 0 Å². The first-order valence-electron chi connectivity index (χ1n) is 6.72. The zero-order valence-electron chi connectivity index (χ0n) is 12.1. The summed E-state index contributed by atoms with van der Waals surface area (Å²) in [5.74, 6) is 1.78. The third-order valence-electron chi connectivity index (χ3n) is 3.09. The Morgan fingerprint density at radius 1 is 1.00 bits per heavy atom. The van der Waals surface area contributed by atoms with E-state index in [4.69, 9.17) is 0 Å². The van der Waals surface area contributed by atoms with E-state index in [0.29, 0.717) is 0 Å². The van der Waals surface area contributed by atoms with Crippen LogP contribution < -0.4 is 5.32 Å². The molecule has 0 saturated carbocycles. The second-order valence-electron chi connectivity index (χ2n) is 4.94. The van der Waals surface area contributed by atoms with Crippen molar-refractivity contribution in [1.29, 1.82) is 0 Å². The summed E-state index contributed by atoms with van der Waals surface area (Å²) in [7, 11) is 1.89. The molecule has 0 aliphatic rings. The van der Waals surface area contributed by atoms with Crippen LogP contribution in [0.2, 0.25) is 0 Å². The molecule has 2 aromatic rings. The minimum absolute atomic E-state index is 0.783. The first kappa shape index (κ1) is 13.5. The van der Waals surface area contributed by atoms with Gasteiger partial charge in [-0.15, -0.1) is 0 Å². The molecule has 19 heavy (non-hydrogen) atoms. The minimum atomic E-state index is 0.783. The average Bonchev–Trinajstić information content (AvgIpc) is 2.37. The molecule has 0 aliphatic carbocycles. The third kappa shape index (κ3) is 3.53. The highest BCUT2D eigenvalue weighted by molar-refractivity contribution is 5.37. The molecule has 0 unspecified atom stereocenters. The van der Waals surface area contributed by atoms with E-state index in [0.717, 1.165) is 30.2 Å². The van der Waals surface area contributed by atoms with Crippen molar-refractivity contribution in [2.75, 3.05) is 12.4 Å². The van der Waals surface area contributed by atoms with Gasteiger partial charge >= 0.3 is 0 Å². The summed E-state index contributed by atoms with van der Waals surface area (Å²) in [6.07, 6.45) is 1.71. The highest BCUT2D eigenvalue weighted by atomic mass is 15.0. The van der Waals surface area contributed by atoms with E-state index in [1.165, 1.54) is 16.7 Å². The Labute approximate surface area is 115 Å². The van der Waals surface area contributed by atoms with E-state index in [1.54, 1.807) is 0 Å². The highest BCUT2D eigenvalue weighted by Gasteiger charge is 2.05. The number of nitrogens with one attached hydrogen (secondary N) is 1. The summed E-state index contributed by atoms with van der Waals surface area (Å²) in [5, 5.41) is 3.10. The highest BCUT2D eigenvalue weighted by Crippen LogP contribution is 2.14. The van der Waals surface area contributed by atoms with Crippen LogP contribution in [0.15, 0.2) is 24.3 Å². The maximum atomic E-state index is 4.60. The summed E-state index contributed by atoms with van der Waals surface area (Å²) in [5.41, 5.74) is 4.93. The van der Waals surface area contributed by atoms with Gasteiger partial charge in [-0.1, -0.05) is 36.2 Å². The van der Waals surface area contributed by atoms with Crippen LogP contribution in [0.25, 0.3) is 0 Å². The predicted octanol–water partition coefficient (Wildman–Crippen LogP) is 3.29. The van der Waals surface area contributed by atoms with E-state index in [1.807, 2.05) is 13.1 Å². The van der Waals surface area contributed by atoms with E-state index >= 15 is 0 Å². The molecule has 1 N–H and O–H groups in total. The molecule has 3 nitrogen and oxygen atoms in total. The minimum Gasteiger partial charge on any atom is -0.373 e. The summed E-state index contributed by atoms with van der Waals surface area (Å²) in [6, 6.07) is 8.60. The zero-order valence-corrected chi connectivity index (χ0v) is 12.1. The van der Waals surface area contributed by atoms with Crippen molar-refractivity contribution >= 4 is 5.82 Å². The molecule has 0 saturated heterocycles. The van der Waals surface area contributed by atoms with Crippen molar-refractivity contribution in [2.45, 2.75) is 33.6 Å². The standard InChI is InChI=1S/C16H21N3/c1-5-14-10-15(17-4)19-16(18-14)9-13-7-11(2)6-12(3)8-13/h6-8,10H,5,9H2,1-4H3,(H,17,18,19). The second-order valence-corrected chi connectivity index (χ2v) is 4.94. The molecule has 1 aromatic carbocycles. The number of hydrogen-bond donors (Lipinski definition) is 1. The van der Waals surface area contributed by atoms with Crippen LogP contribution in [0, 0.1) is 13.8 Å². The summed E-state index contributed by atoms with van der Waals surface area (Å²) < 4.78 is 0. The van der Waals surface area contributed by atoms with Crippen molar-refractivity contribution in [3.8, 4) is 0 Å². The van der Waals surface area contributed by atoms with Crippen molar-refractivity contribution in [3.05, 3.63) is 52.5 Å². The Bertz CT molecular complexity index is 534. The topological polar surface area (TPSA) is 37.8 Å². The molecular formula is C16H21N3. The summed E-state index contributed by atoms with van der Waals surface area (Å²) in [6.45, 7) is 6.36. The van der Waals surface area contributed by atoms with Gasteiger partial charge in [0, 0.05) is 25.2 Å². The molecule has 0 spiro atoms. The monoisotopic (exact) mass is 255 g/mol. The number of benzene rings is 1. The molecule has 0 bridgehead atoms. The van der Waals surface area contributed by atoms with Gasteiger partial charge in [0.15, 0.2) is 0 Å². The fourth-order valence-corrected chi connectivity index (χ4v) is 2.29. The zero-order chi connectivity index (χ0) is 13.8. The normalized spacial score (nSPS) is 10.5. The van der Waals surface area contributed by atoms with Crippen LogP contribution in [-0.2, 0) is 12.8 Å². The van der Waals surface area contributed by atoms with E-state index in [-0.39, 0.29) is 0 Å².